The summed E-state index contributed by atoms with van der Waals surface area (Å²) in [4.78, 5) is 25.6. The van der Waals surface area contributed by atoms with Gasteiger partial charge in [0.2, 0.25) is 0 Å². The number of anilines is 2. The SMILES string of the molecule is CCC(C(C)O)n1ncn(-c2ccc(N3CCN(c4ccc(-c5ccc(C(F)(F)C(O)(Cn6ncnc6C)c6cccc(F)c6)nc5)cc4)CC3)cc2)c1=O. The molecule has 0 spiro atoms. The van der Waals surface area contributed by atoms with Crippen molar-refractivity contribution in [3.05, 3.63) is 137 Å². The summed E-state index contributed by atoms with van der Waals surface area (Å²) in [5.74, 6) is -4.39. The molecule has 3 atom stereocenters. The summed E-state index contributed by atoms with van der Waals surface area (Å²) in [6.07, 6.45) is 3.91. The van der Waals surface area contributed by atoms with Gasteiger partial charge in [-0.15, -0.1) is 0 Å². The summed E-state index contributed by atoms with van der Waals surface area (Å²) in [5.41, 5.74) is -0.0130. The molecule has 0 saturated carbocycles. The molecule has 286 valence electrons. The molecule has 0 aliphatic carbocycles. The highest BCUT2D eigenvalue weighted by molar-refractivity contribution is 5.66. The van der Waals surface area contributed by atoms with E-state index in [0.717, 1.165) is 59.9 Å². The number of aliphatic hydroxyl groups is 2. The first-order chi connectivity index (χ1) is 26.4. The van der Waals surface area contributed by atoms with Gasteiger partial charge < -0.3 is 20.0 Å². The van der Waals surface area contributed by atoms with E-state index < -0.39 is 41.7 Å². The normalized spacial score (nSPS) is 15.9. The predicted octanol–water partition coefficient (Wildman–Crippen LogP) is 5.47. The fourth-order valence-corrected chi connectivity index (χ4v) is 7.12. The minimum atomic E-state index is -3.94. The van der Waals surface area contributed by atoms with Crippen molar-refractivity contribution < 1.29 is 23.4 Å². The molecule has 55 heavy (non-hydrogen) atoms. The Kier molecular flexibility index (Phi) is 10.3. The molecular formula is C40H42F3N9O3. The Balaban J connectivity index is 1.00. The number of piperazine rings is 1. The zero-order valence-electron chi connectivity index (χ0n) is 30.7. The van der Waals surface area contributed by atoms with Gasteiger partial charge in [0.05, 0.1) is 24.4 Å². The highest BCUT2D eigenvalue weighted by Gasteiger charge is 2.57. The average Bonchev–Trinajstić information content (AvgIpc) is 3.78. The lowest BCUT2D eigenvalue weighted by atomic mass is 9.84. The van der Waals surface area contributed by atoms with Crippen LogP contribution in [0.4, 0.5) is 24.5 Å². The molecule has 7 rings (SSSR count). The third kappa shape index (κ3) is 7.24. The summed E-state index contributed by atoms with van der Waals surface area (Å²) in [6, 6.07) is 22.4. The third-order valence-electron chi connectivity index (χ3n) is 10.4. The second kappa shape index (κ2) is 15.1. The number of pyridine rings is 1. The first-order valence-electron chi connectivity index (χ1n) is 18.1. The molecule has 1 saturated heterocycles. The van der Waals surface area contributed by atoms with E-state index in [4.69, 9.17) is 0 Å². The van der Waals surface area contributed by atoms with Crippen LogP contribution < -0.4 is 15.5 Å². The van der Waals surface area contributed by atoms with Gasteiger partial charge in [-0.25, -0.2) is 28.1 Å². The number of aryl methyl sites for hydroxylation is 1. The summed E-state index contributed by atoms with van der Waals surface area (Å²) >= 11 is 0. The van der Waals surface area contributed by atoms with E-state index in [2.05, 4.69) is 30.0 Å². The molecule has 1 aliphatic heterocycles. The minimum absolute atomic E-state index is 0.296. The zero-order chi connectivity index (χ0) is 38.9. The first-order valence-corrected chi connectivity index (χ1v) is 18.1. The van der Waals surface area contributed by atoms with Crippen LogP contribution in [0.25, 0.3) is 16.8 Å². The van der Waals surface area contributed by atoms with Gasteiger partial charge in [-0.2, -0.15) is 19.0 Å². The molecule has 0 bridgehead atoms. The lowest BCUT2D eigenvalue weighted by Gasteiger charge is -2.37. The number of hydrogen-bond acceptors (Lipinski definition) is 9. The van der Waals surface area contributed by atoms with Gasteiger partial charge in [-0.05, 0) is 86.0 Å². The molecule has 12 nitrogen and oxygen atoms in total. The fraction of sp³-hybridized carbons (Fsp3) is 0.325. The smallest absolute Gasteiger partial charge is 0.350 e. The molecule has 0 radical (unpaired) electrons. The van der Waals surface area contributed by atoms with Gasteiger partial charge in [-0.3, -0.25) is 4.98 Å². The monoisotopic (exact) mass is 753 g/mol. The van der Waals surface area contributed by atoms with E-state index in [1.54, 1.807) is 13.8 Å². The van der Waals surface area contributed by atoms with Crippen LogP contribution in [0, 0.1) is 12.7 Å². The zero-order valence-corrected chi connectivity index (χ0v) is 30.7. The number of benzene rings is 3. The second-order valence-electron chi connectivity index (χ2n) is 13.8. The van der Waals surface area contributed by atoms with Crippen LogP contribution >= 0.6 is 0 Å². The Morgan fingerprint density at radius 1 is 0.836 bits per heavy atom. The number of aliphatic hydroxyl groups excluding tert-OH is 1. The van der Waals surface area contributed by atoms with Gasteiger partial charge in [0.25, 0.3) is 0 Å². The standard InChI is InChI=1S/C40H42F3N9O3/c1-4-36(27(2)53)52-38(54)50(26-47-52)35-15-13-34(14-16-35)49-20-18-48(19-21-49)33-11-8-29(9-12-33)30-10-17-37(44-23-30)40(42,43)39(55,24-51-28(3)45-25-46-51)31-6-5-7-32(41)22-31/h5-17,22-23,25-27,36,53,55H,4,18-21,24H2,1-3H3. The van der Waals surface area contributed by atoms with Gasteiger partial charge in [0.1, 0.15) is 30.0 Å². The molecule has 2 N–H and O–H groups in total. The topological polar surface area (TPSA) is 130 Å². The van der Waals surface area contributed by atoms with Crippen molar-refractivity contribution in [1.29, 1.82) is 0 Å². The van der Waals surface area contributed by atoms with Gasteiger partial charge in [-0.1, -0.05) is 37.3 Å². The lowest BCUT2D eigenvalue weighted by molar-refractivity contribution is -0.206. The summed E-state index contributed by atoms with van der Waals surface area (Å²) in [5, 5.41) is 29.9. The van der Waals surface area contributed by atoms with Crippen molar-refractivity contribution in [1.82, 2.24) is 34.1 Å². The Bertz CT molecular complexity index is 2280. The third-order valence-corrected chi connectivity index (χ3v) is 10.4. The molecule has 0 amide bonds. The molecule has 15 heteroatoms. The summed E-state index contributed by atoms with van der Waals surface area (Å²) in [6.45, 7) is 7.57. The van der Waals surface area contributed by atoms with Gasteiger partial charge in [0, 0.05) is 49.3 Å². The van der Waals surface area contributed by atoms with E-state index >= 15 is 8.78 Å². The maximum Gasteiger partial charge on any atom is 0.350 e. The van der Waals surface area contributed by atoms with Gasteiger partial charge in [0.15, 0.2) is 5.60 Å². The number of alkyl halides is 2. The highest BCUT2D eigenvalue weighted by Crippen LogP contribution is 2.46. The number of hydrogen-bond donors (Lipinski definition) is 2. The van der Waals surface area contributed by atoms with E-state index in [-0.39, 0.29) is 11.3 Å². The summed E-state index contributed by atoms with van der Waals surface area (Å²) in [7, 11) is 0. The maximum atomic E-state index is 16.3. The van der Waals surface area contributed by atoms with Crippen LogP contribution in [-0.4, -0.2) is 76.6 Å². The van der Waals surface area contributed by atoms with Crippen LogP contribution in [0.5, 0.6) is 0 Å². The number of rotatable bonds is 12. The lowest BCUT2D eigenvalue weighted by Crippen LogP contribution is -2.47. The van der Waals surface area contributed by atoms with E-state index in [1.165, 1.54) is 52.4 Å². The molecule has 1 aliphatic rings. The van der Waals surface area contributed by atoms with E-state index in [9.17, 15) is 19.4 Å². The Morgan fingerprint density at radius 2 is 1.45 bits per heavy atom. The molecule has 1 fully saturated rings. The summed E-state index contributed by atoms with van der Waals surface area (Å²) < 4.78 is 50.8. The average molecular weight is 754 g/mol. The van der Waals surface area contributed by atoms with Crippen LogP contribution in [0.15, 0.2) is 109 Å². The molecule has 3 unspecified atom stereocenters. The molecular weight excluding hydrogens is 711 g/mol. The van der Waals surface area contributed by atoms with Crippen molar-refractivity contribution in [2.45, 2.75) is 57.4 Å². The van der Waals surface area contributed by atoms with Crippen molar-refractivity contribution in [3.8, 4) is 16.8 Å². The Hall–Kier alpha value is -5.80. The number of halogens is 3. The maximum absolute atomic E-state index is 16.3. The second-order valence-corrected chi connectivity index (χ2v) is 13.8. The van der Waals surface area contributed by atoms with Crippen molar-refractivity contribution in [3.63, 3.8) is 0 Å². The predicted molar refractivity (Wildman–Crippen MR) is 202 cm³/mol. The first kappa shape index (κ1) is 37.5. The largest absolute Gasteiger partial charge is 0.391 e. The van der Waals surface area contributed by atoms with Gasteiger partial charge >= 0.3 is 11.6 Å². The number of nitrogens with zero attached hydrogens (tertiary/aromatic N) is 9. The Morgan fingerprint density at radius 3 is 2.00 bits per heavy atom. The Labute approximate surface area is 315 Å². The quantitative estimate of drug-likeness (QED) is 0.167. The molecule has 4 heterocycles. The fourth-order valence-electron chi connectivity index (χ4n) is 7.12. The minimum Gasteiger partial charge on any atom is -0.391 e. The van der Waals surface area contributed by atoms with Crippen molar-refractivity contribution in [2.75, 3.05) is 36.0 Å². The van der Waals surface area contributed by atoms with Crippen LogP contribution in [0.3, 0.4) is 0 Å². The van der Waals surface area contributed by atoms with Crippen LogP contribution in [-0.2, 0) is 18.1 Å². The van der Waals surface area contributed by atoms with Crippen LogP contribution in [0.2, 0.25) is 0 Å². The number of aromatic nitrogens is 7. The van der Waals surface area contributed by atoms with Crippen LogP contribution in [0.1, 0.15) is 43.4 Å². The van der Waals surface area contributed by atoms with E-state index in [1.807, 2.05) is 55.5 Å². The molecule has 6 aromatic rings. The molecule has 3 aromatic carbocycles. The highest BCUT2D eigenvalue weighted by atomic mass is 19.3. The van der Waals surface area contributed by atoms with Crippen molar-refractivity contribution in [2.24, 2.45) is 0 Å². The van der Waals surface area contributed by atoms with Crippen molar-refractivity contribution >= 4 is 11.4 Å². The van der Waals surface area contributed by atoms with E-state index in [0.29, 0.717) is 23.5 Å². The molecule has 3 aromatic heterocycles.